The Labute approximate surface area is 118 Å². The maximum atomic E-state index is 12.2. The average Bonchev–Trinajstić information content (AvgIpc) is 2.35. The van der Waals surface area contributed by atoms with E-state index in [1.165, 1.54) is 13.0 Å². The largest absolute Gasteiger partial charge is 0.368 e. The van der Waals surface area contributed by atoms with E-state index in [9.17, 15) is 13.2 Å². The second-order valence-corrected chi connectivity index (χ2v) is 5.93. The molecule has 0 aliphatic heterocycles. The van der Waals surface area contributed by atoms with E-state index in [-0.39, 0.29) is 11.4 Å². The lowest BCUT2D eigenvalue weighted by Crippen LogP contribution is -2.42. The molecule has 1 unspecified atom stereocenters. The van der Waals surface area contributed by atoms with Crippen LogP contribution in [0.5, 0.6) is 0 Å². The second-order valence-electron chi connectivity index (χ2n) is 4.25. The molecule has 1 atom stereocenters. The highest BCUT2D eigenvalue weighted by Gasteiger charge is 2.22. The molecule has 0 aliphatic rings. The molecule has 1 rings (SSSR count). The van der Waals surface area contributed by atoms with Crippen molar-refractivity contribution in [3.8, 4) is 11.8 Å². The molecule has 0 saturated heterocycles. The summed E-state index contributed by atoms with van der Waals surface area (Å²) < 4.78 is 26.7. The number of sulfonamides is 1. The SMILES string of the molecule is Cc1ccc(S(=O)(=O)NC(C)C(N)=O)c(C#CCN)c1. The summed E-state index contributed by atoms with van der Waals surface area (Å²) in [5, 5.41) is 0. The summed E-state index contributed by atoms with van der Waals surface area (Å²) in [5.74, 6) is 4.57. The van der Waals surface area contributed by atoms with Gasteiger partial charge in [-0.05, 0) is 31.5 Å². The fourth-order valence-electron chi connectivity index (χ4n) is 1.48. The van der Waals surface area contributed by atoms with Gasteiger partial charge >= 0.3 is 0 Å². The van der Waals surface area contributed by atoms with Gasteiger partial charge in [-0.2, -0.15) is 4.72 Å². The molecule has 1 amide bonds. The smallest absolute Gasteiger partial charge is 0.242 e. The van der Waals surface area contributed by atoms with Crippen molar-refractivity contribution in [3.05, 3.63) is 29.3 Å². The lowest BCUT2D eigenvalue weighted by atomic mass is 10.1. The Bertz CT molecular complexity index is 672. The van der Waals surface area contributed by atoms with Crippen molar-refractivity contribution in [2.24, 2.45) is 11.5 Å². The highest BCUT2D eigenvalue weighted by atomic mass is 32.2. The molecule has 0 saturated carbocycles. The van der Waals surface area contributed by atoms with Crippen molar-refractivity contribution in [1.82, 2.24) is 4.72 Å². The molecule has 0 heterocycles. The van der Waals surface area contributed by atoms with Crippen molar-refractivity contribution in [1.29, 1.82) is 0 Å². The van der Waals surface area contributed by atoms with Crippen molar-refractivity contribution in [2.75, 3.05) is 6.54 Å². The molecule has 108 valence electrons. The fourth-order valence-corrected chi connectivity index (χ4v) is 2.83. The Morgan fingerprint density at radius 3 is 2.65 bits per heavy atom. The molecule has 6 nitrogen and oxygen atoms in total. The summed E-state index contributed by atoms with van der Waals surface area (Å²) in [6.07, 6.45) is 0. The van der Waals surface area contributed by atoms with Gasteiger partial charge in [-0.25, -0.2) is 8.42 Å². The normalized spacial score (nSPS) is 12.3. The fraction of sp³-hybridized carbons (Fsp3) is 0.308. The highest BCUT2D eigenvalue weighted by Crippen LogP contribution is 2.17. The highest BCUT2D eigenvalue weighted by molar-refractivity contribution is 7.89. The van der Waals surface area contributed by atoms with Gasteiger partial charge in [-0.1, -0.05) is 17.9 Å². The number of hydrogen-bond donors (Lipinski definition) is 3. The molecular weight excluding hydrogens is 278 g/mol. The van der Waals surface area contributed by atoms with Crippen molar-refractivity contribution < 1.29 is 13.2 Å². The van der Waals surface area contributed by atoms with Crippen molar-refractivity contribution in [3.63, 3.8) is 0 Å². The number of nitrogens with two attached hydrogens (primary N) is 2. The van der Waals surface area contributed by atoms with E-state index in [4.69, 9.17) is 11.5 Å². The number of amides is 1. The standard InChI is InChI=1S/C13H17N3O3S/c1-9-5-6-12(11(8-9)4-3-7-14)20(18,19)16-10(2)13(15)17/h5-6,8,10,16H,7,14H2,1-2H3,(H2,15,17). The Hall–Kier alpha value is -1.88. The summed E-state index contributed by atoms with van der Waals surface area (Å²) in [4.78, 5) is 11.0. The van der Waals surface area contributed by atoms with Gasteiger partial charge in [0.05, 0.1) is 17.5 Å². The Kier molecular flexibility index (Phi) is 5.27. The molecule has 0 bridgehead atoms. The van der Waals surface area contributed by atoms with Crippen LogP contribution in [-0.4, -0.2) is 26.9 Å². The third-order valence-electron chi connectivity index (χ3n) is 2.51. The third kappa shape index (κ3) is 4.06. The van der Waals surface area contributed by atoms with Gasteiger partial charge in [0.2, 0.25) is 15.9 Å². The van der Waals surface area contributed by atoms with Gasteiger partial charge in [0.15, 0.2) is 0 Å². The van der Waals surface area contributed by atoms with Crippen LogP contribution in [0.2, 0.25) is 0 Å². The Balaban J connectivity index is 3.27. The van der Waals surface area contributed by atoms with Gasteiger partial charge in [0, 0.05) is 5.56 Å². The molecule has 20 heavy (non-hydrogen) atoms. The van der Waals surface area contributed by atoms with E-state index in [0.717, 1.165) is 5.56 Å². The zero-order valence-electron chi connectivity index (χ0n) is 11.3. The van der Waals surface area contributed by atoms with Crippen LogP contribution in [0.3, 0.4) is 0 Å². The zero-order valence-corrected chi connectivity index (χ0v) is 12.1. The number of carbonyl (C=O) groups is 1. The first-order valence-corrected chi connectivity index (χ1v) is 7.37. The minimum absolute atomic E-state index is 0.00264. The molecule has 5 N–H and O–H groups in total. The Morgan fingerprint density at radius 2 is 2.10 bits per heavy atom. The van der Waals surface area contributed by atoms with Crippen LogP contribution < -0.4 is 16.2 Å². The minimum atomic E-state index is -3.88. The number of aryl methyl sites for hydroxylation is 1. The first-order chi connectivity index (χ1) is 9.27. The summed E-state index contributed by atoms with van der Waals surface area (Å²) in [6.45, 7) is 3.32. The molecule has 1 aromatic rings. The van der Waals surface area contributed by atoms with Crippen molar-refractivity contribution in [2.45, 2.75) is 24.8 Å². The maximum Gasteiger partial charge on any atom is 0.242 e. The van der Waals surface area contributed by atoms with E-state index in [1.807, 2.05) is 6.92 Å². The predicted octanol–water partition coefficient (Wildman–Crippen LogP) is -0.543. The van der Waals surface area contributed by atoms with E-state index in [0.29, 0.717) is 5.56 Å². The number of carbonyl (C=O) groups excluding carboxylic acids is 1. The topological polar surface area (TPSA) is 115 Å². The summed E-state index contributed by atoms with van der Waals surface area (Å²) >= 11 is 0. The number of hydrogen-bond acceptors (Lipinski definition) is 4. The number of primary amides is 1. The molecule has 0 spiro atoms. The summed E-state index contributed by atoms with van der Waals surface area (Å²) in [5.41, 5.74) is 11.5. The van der Waals surface area contributed by atoms with E-state index >= 15 is 0 Å². The number of nitrogens with one attached hydrogen (secondary N) is 1. The van der Waals surface area contributed by atoms with Crippen LogP contribution in [-0.2, 0) is 14.8 Å². The van der Waals surface area contributed by atoms with Crippen LogP contribution in [0.1, 0.15) is 18.1 Å². The molecule has 0 fully saturated rings. The third-order valence-corrected chi connectivity index (χ3v) is 4.11. The van der Waals surface area contributed by atoms with Gasteiger partial charge in [-0.15, -0.1) is 0 Å². The number of benzene rings is 1. The lowest BCUT2D eigenvalue weighted by molar-refractivity contribution is -0.119. The van der Waals surface area contributed by atoms with Gasteiger partial charge < -0.3 is 11.5 Å². The van der Waals surface area contributed by atoms with E-state index in [1.54, 1.807) is 12.1 Å². The molecule has 7 heteroatoms. The van der Waals surface area contributed by atoms with Crippen LogP contribution in [0.25, 0.3) is 0 Å². The maximum absolute atomic E-state index is 12.2. The first-order valence-electron chi connectivity index (χ1n) is 5.89. The van der Waals surface area contributed by atoms with E-state index < -0.39 is 22.0 Å². The number of rotatable bonds is 4. The van der Waals surface area contributed by atoms with Gasteiger partial charge in [0.25, 0.3) is 0 Å². The summed E-state index contributed by atoms with van der Waals surface area (Å²) in [6, 6.07) is 3.73. The Morgan fingerprint density at radius 1 is 1.45 bits per heavy atom. The zero-order chi connectivity index (χ0) is 15.3. The minimum Gasteiger partial charge on any atom is -0.368 e. The summed E-state index contributed by atoms with van der Waals surface area (Å²) in [7, 11) is -3.88. The predicted molar refractivity (Wildman–Crippen MR) is 76.1 cm³/mol. The molecule has 0 radical (unpaired) electrons. The average molecular weight is 295 g/mol. The van der Waals surface area contributed by atoms with Gasteiger partial charge in [0.1, 0.15) is 0 Å². The van der Waals surface area contributed by atoms with Crippen LogP contribution in [0.15, 0.2) is 23.1 Å². The van der Waals surface area contributed by atoms with Crippen LogP contribution >= 0.6 is 0 Å². The van der Waals surface area contributed by atoms with Crippen LogP contribution in [0, 0.1) is 18.8 Å². The molecule has 0 aliphatic carbocycles. The molecular formula is C13H17N3O3S. The first kappa shape index (κ1) is 16.2. The molecule has 0 aromatic heterocycles. The molecule has 1 aromatic carbocycles. The second kappa shape index (κ2) is 6.52. The monoisotopic (exact) mass is 295 g/mol. The van der Waals surface area contributed by atoms with Crippen molar-refractivity contribution >= 4 is 15.9 Å². The van der Waals surface area contributed by atoms with Crippen LogP contribution in [0.4, 0.5) is 0 Å². The van der Waals surface area contributed by atoms with Gasteiger partial charge in [-0.3, -0.25) is 4.79 Å². The van der Waals surface area contributed by atoms with E-state index in [2.05, 4.69) is 16.6 Å². The quantitative estimate of drug-likeness (QED) is 0.647. The lowest BCUT2D eigenvalue weighted by Gasteiger charge is -2.12.